The monoisotopic (exact) mass is 728 g/mol. The summed E-state index contributed by atoms with van der Waals surface area (Å²) in [6.45, 7) is 5.16. The van der Waals surface area contributed by atoms with Crippen molar-refractivity contribution in [1.82, 2.24) is 0 Å². The number of fused-ring (bicyclic) bond motifs is 1. The first-order valence-corrected chi connectivity index (χ1v) is 15.8. The van der Waals surface area contributed by atoms with Gasteiger partial charge in [0.15, 0.2) is 11.5 Å². The molecule has 0 heterocycles. The maximum absolute atomic E-state index is 13.0. The number of nitrogens with zero attached hydrogens (tertiary/aromatic N) is 1. The van der Waals surface area contributed by atoms with Gasteiger partial charge in [0, 0.05) is 16.3 Å². The van der Waals surface area contributed by atoms with Crippen LogP contribution in [-0.2, 0) is 18.0 Å². The van der Waals surface area contributed by atoms with Gasteiger partial charge in [-0.2, -0.15) is 5.26 Å². The van der Waals surface area contributed by atoms with E-state index in [0.717, 1.165) is 31.0 Å². The Morgan fingerprint density at radius 2 is 1.69 bits per heavy atom. The average molecular weight is 729 g/mol. The van der Waals surface area contributed by atoms with Crippen LogP contribution in [0.25, 0.3) is 16.8 Å². The van der Waals surface area contributed by atoms with Crippen molar-refractivity contribution in [2.45, 2.75) is 27.1 Å². The van der Waals surface area contributed by atoms with Crippen molar-refractivity contribution in [2.75, 3.05) is 11.9 Å². The van der Waals surface area contributed by atoms with Crippen LogP contribution in [0, 0.1) is 21.8 Å². The van der Waals surface area contributed by atoms with Gasteiger partial charge >= 0.3 is 0 Å². The molecule has 0 saturated carbocycles. The summed E-state index contributed by atoms with van der Waals surface area (Å²) in [5.74, 6) is 1.28. The molecule has 0 bridgehead atoms. The average Bonchev–Trinajstić information content (AvgIpc) is 3.04. The maximum atomic E-state index is 13.0. The number of aryl methyl sites for hydroxylation is 1. The molecule has 5 rings (SSSR count). The Morgan fingerprint density at radius 3 is 2.42 bits per heavy atom. The highest BCUT2D eigenvalue weighted by molar-refractivity contribution is 14.1. The Hall–Kier alpha value is -4.52. The Bertz CT molecular complexity index is 1900. The number of anilines is 1. The molecule has 1 N–H and O–H groups in total. The zero-order valence-corrected chi connectivity index (χ0v) is 27.7. The first kappa shape index (κ1) is 31.9. The molecule has 0 aliphatic carbocycles. The molecule has 45 heavy (non-hydrogen) atoms. The number of carbonyl (C=O) groups is 1. The normalized spacial score (nSPS) is 11.1. The number of carbonyl (C=O) groups excluding carboxylic acids is 1. The van der Waals surface area contributed by atoms with Gasteiger partial charge < -0.3 is 19.5 Å². The van der Waals surface area contributed by atoms with Crippen LogP contribution in [0.5, 0.6) is 17.2 Å². The molecule has 6 nitrogen and oxygen atoms in total. The summed E-state index contributed by atoms with van der Waals surface area (Å²) in [6, 6.07) is 32.5. The van der Waals surface area contributed by atoms with E-state index in [9.17, 15) is 10.1 Å². The fourth-order valence-corrected chi connectivity index (χ4v) is 5.66. The van der Waals surface area contributed by atoms with Crippen LogP contribution >= 0.6 is 34.2 Å². The lowest BCUT2D eigenvalue weighted by Crippen LogP contribution is -2.13. The topological polar surface area (TPSA) is 80.6 Å². The third-order valence-corrected chi connectivity index (χ3v) is 8.13. The number of halogens is 2. The lowest BCUT2D eigenvalue weighted by molar-refractivity contribution is -0.112. The van der Waals surface area contributed by atoms with Gasteiger partial charge in [-0.3, -0.25) is 4.79 Å². The number of nitriles is 1. The summed E-state index contributed by atoms with van der Waals surface area (Å²) < 4.78 is 18.9. The molecule has 5 aromatic rings. The fourth-order valence-electron chi connectivity index (χ4n) is 4.75. The van der Waals surface area contributed by atoms with Crippen molar-refractivity contribution in [3.63, 3.8) is 0 Å². The molecule has 0 radical (unpaired) electrons. The summed E-state index contributed by atoms with van der Waals surface area (Å²) in [5.41, 5.74) is 4.38. The van der Waals surface area contributed by atoms with E-state index in [0.29, 0.717) is 53.3 Å². The zero-order chi connectivity index (χ0) is 31.8. The van der Waals surface area contributed by atoms with Crippen LogP contribution in [0.3, 0.4) is 0 Å². The molecule has 0 saturated heterocycles. The van der Waals surface area contributed by atoms with Gasteiger partial charge in [-0.15, -0.1) is 0 Å². The Labute approximate surface area is 281 Å². The third kappa shape index (κ3) is 8.15. The van der Waals surface area contributed by atoms with Crippen LogP contribution in [0.4, 0.5) is 5.69 Å². The Morgan fingerprint density at radius 1 is 0.933 bits per heavy atom. The van der Waals surface area contributed by atoms with Crippen LogP contribution in [0.1, 0.15) is 29.2 Å². The van der Waals surface area contributed by atoms with E-state index >= 15 is 0 Å². The second-order valence-corrected chi connectivity index (χ2v) is 11.8. The van der Waals surface area contributed by atoms with Crippen molar-refractivity contribution in [3.05, 3.63) is 133 Å². The van der Waals surface area contributed by atoms with Gasteiger partial charge in [0.1, 0.15) is 30.6 Å². The second-order valence-electron chi connectivity index (χ2n) is 10.2. The number of nitrogens with one attached hydrogen (secondary N) is 1. The van der Waals surface area contributed by atoms with Crippen LogP contribution < -0.4 is 19.5 Å². The van der Waals surface area contributed by atoms with Crippen molar-refractivity contribution in [3.8, 4) is 23.3 Å². The summed E-state index contributed by atoms with van der Waals surface area (Å²) in [6.07, 6.45) is 1.54. The lowest BCUT2D eigenvalue weighted by Gasteiger charge is -2.17. The van der Waals surface area contributed by atoms with Gasteiger partial charge in [0.2, 0.25) is 0 Å². The summed E-state index contributed by atoms with van der Waals surface area (Å²) in [5, 5.41) is 15.6. The van der Waals surface area contributed by atoms with Crippen molar-refractivity contribution >= 4 is 62.6 Å². The number of hydrogen-bond donors (Lipinski definition) is 1. The summed E-state index contributed by atoms with van der Waals surface area (Å²) >= 11 is 8.13. The van der Waals surface area contributed by atoms with E-state index in [1.165, 1.54) is 0 Å². The van der Waals surface area contributed by atoms with E-state index in [1.807, 2.05) is 55.5 Å². The zero-order valence-electron chi connectivity index (χ0n) is 24.8. The smallest absolute Gasteiger partial charge is 0.266 e. The summed E-state index contributed by atoms with van der Waals surface area (Å²) in [7, 11) is 0. The van der Waals surface area contributed by atoms with Crippen molar-refractivity contribution < 1.29 is 19.0 Å². The van der Waals surface area contributed by atoms with E-state index < -0.39 is 5.91 Å². The predicted octanol–water partition coefficient (Wildman–Crippen LogP) is 9.51. The van der Waals surface area contributed by atoms with Gasteiger partial charge in [0.25, 0.3) is 5.91 Å². The second kappa shape index (κ2) is 15.0. The van der Waals surface area contributed by atoms with E-state index in [2.05, 4.69) is 59.1 Å². The molecule has 226 valence electrons. The molecule has 0 aliphatic heterocycles. The minimum absolute atomic E-state index is 0.0450. The molecular formula is C37H30ClIN2O4. The van der Waals surface area contributed by atoms with Crippen molar-refractivity contribution in [2.24, 2.45) is 0 Å². The molecule has 0 atom stereocenters. The molecular weight excluding hydrogens is 699 g/mol. The molecule has 1 amide bonds. The Kier molecular flexibility index (Phi) is 10.6. The first-order valence-electron chi connectivity index (χ1n) is 14.3. The highest BCUT2D eigenvalue weighted by Crippen LogP contribution is 2.36. The quantitative estimate of drug-likeness (QED) is 0.0833. The standard InChI is InChI=1S/C37H30ClIN2O4/c1-3-43-35-20-26(19-34(39)36(35)45-23-33-24(2)8-11-27-6-4-5-7-32(27)33)18-28(21-40)37(42)41-30-14-16-31(17-15-30)44-22-25-9-12-29(38)13-10-25/h4-20H,3,22-23H2,1-2H3,(H,41,42)/b28-18+. The maximum Gasteiger partial charge on any atom is 0.266 e. The number of rotatable bonds is 11. The summed E-state index contributed by atoms with van der Waals surface area (Å²) in [4.78, 5) is 13.0. The largest absolute Gasteiger partial charge is 0.490 e. The molecule has 0 fully saturated rings. The first-order chi connectivity index (χ1) is 21.8. The number of ether oxygens (including phenoxy) is 3. The lowest BCUT2D eigenvalue weighted by atomic mass is 10.0. The van der Waals surface area contributed by atoms with E-state index in [1.54, 1.807) is 36.4 Å². The van der Waals surface area contributed by atoms with Gasteiger partial charge in [-0.25, -0.2) is 0 Å². The Balaban J connectivity index is 1.29. The van der Waals surface area contributed by atoms with E-state index in [4.69, 9.17) is 25.8 Å². The minimum atomic E-state index is -0.521. The van der Waals surface area contributed by atoms with Gasteiger partial charge in [-0.1, -0.05) is 60.1 Å². The van der Waals surface area contributed by atoms with Crippen molar-refractivity contribution in [1.29, 1.82) is 5.26 Å². The van der Waals surface area contributed by atoms with Crippen LogP contribution in [0.15, 0.2) is 103 Å². The molecule has 0 unspecified atom stereocenters. The predicted molar refractivity (Wildman–Crippen MR) is 188 cm³/mol. The van der Waals surface area contributed by atoms with Gasteiger partial charge in [-0.05, 0) is 119 Å². The van der Waals surface area contributed by atoms with Gasteiger partial charge in [0.05, 0.1) is 10.2 Å². The number of benzene rings is 5. The third-order valence-electron chi connectivity index (χ3n) is 7.07. The molecule has 5 aromatic carbocycles. The number of amides is 1. The SMILES string of the molecule is CCOc1cc(/C=C(\C#N)C(=O)Nc2ccc(OCc3ccc(Cl)cc3)cc2)cc(I)c1OCc1c(C)ccc2ccccc12. The highest BCUT2D eigenvalue weighted by atomic mass is 127. The number of hydrogen-bond acceptors (Lipinski definition) is 5. The fraction of sp³-hybridized carbons (Fsp3) is 0.135. The highest BCUT2D eigenvalue weighted by Gasteiger charge is 2.16. The molecule has 8 heteroatoms. The molecule has 0 aliphatic rings. The minimum Gasteiger partial charge on any atom is -0.490 e. The van der Waals surface area contributed by atoms with Crippen LogP contribution in [0.2, 0.25) is 5.02 Å². The van der Waals surface area contributed by atoms with E-state index in [-0.39, 0.29) is 5.57 Å². The molecule has 0 spiro atoms. The molecule has 0 aromatic heterocycles. The van der Waals surface area contributed by atoms with Crippen LogP contribution in [-0.4, -0.2) is 12.5 Å².